The zero-order valence-electron chi connectivity index (χ0n) is 17.8. The lowest BCUT2D eigenvalue weighted by Gasteiger charge is -2.34. The fourth-order valence-corrected chi connectivity index (χ4v) is 2.71. The smallest absolute Gasteiger partial charge is 0.320 e. The van der Waals surface area contributed by atoms with Crippen LogP contribution in [-0.2, 0) is 19.1 Å². The average molecular weight is 367 g/mol. The van der Waals surface area contributed by atoms with Crippen LogP contribution in [0.1, 0.15) is 67.7 Å². The van der Waals surface area contributed by atoms with Crippen molar-refractivity contribution < 1.29 is 19.1 Å². The van der Waals surface area contributed by atoms with E-state index < -0.39 is 23.3 Å². The van der Waals surface area contributed by atoms with Gasteiger partial charge in [0.25, 0.3) is 0 Å². The van der Waals surface area contributed by atoms with Crippen LogP contribution in [0.5, 0.6) is 0 Å². The first-order valence-corrected chi connectivity index (χ1v) is 9.61. The normalized spacial score (nSPS) is 13.5. The van der Waals surface area contributed by atoms with Crippen molar-refractivity contribution in [2.24, 2.45) is 23.2 Å². The summed E-state index contributed by atoms with van der Waals surface area (Å²) < 4.78 is 10.8. The van der Waals surface area contributed by atoms with Gasteiger partial charge in [-0.05, 0) is 50.4 Å². The highest BCUT2D eigenvalue weighted by Gasteiger charge is 2.45. The van der Waals surface area contributed by atoms with Gasteiger partial charge in [0.1, 0.15) is 0 Å². The van der Waals surface area contributed by atoms with E-state index in [-0.39, 0.29) is 11.8 Å². The summed E-state index contributed by atoms with van der Waals surface area (Å²) in [7, 11) is 0. The maximum Gasteiger partial charge on any atom is 0.320 e. The Morgan fingerprint density at radius 1 is 1.00 bits per heavy atom. The minimum absolute atomic E-state index is 0.211. The molecule has 1 atom stereocenters. The molecule has 26 heavy (non-hydrogen) atoms. The van der Waals surface area contributed by atoms with E-state index in [0.29, 0.717) is 26.1 Å². The largest absolute Gasteiger partial charge is 0.465 e. The summed E-state index contributed by atoms with van der Waals surface area (Å²) in [6.45, 7) is 18.3. The van der Waals surface area contributed by atoms with Gasteiger partial charge in [0.15, 0.2) is 5.92 Å². The van der Waals surface area contributed by atoms with E-state index in [1.807, 2.05) is 48.5 Å². The van der Waals surface area contributed by atoms with Crippen molar-refractivity contribution in [1.82, 2.24) is 0 Å². The SMILES string of the molecule is C=CC[C@](C)(CCC=C(C)C)C(C(=O)OCC(C)C)C(=O)OCC(C)C. The third-order valence-corrected chi connectivity index (χ3v) is 4.16. The van der Waals surface area contributed by atoms with Gasteiger partial charge in [-0.15, -0.1) is 6.58 Å². The molecule has 0 rings (SSSR count). The number of hydrogen-bond donors (Lipinski definition) is 0. The quantitative estimate of drug-likeness (QED) is 0.266. The summed E-state index contributed by atoms with van der Waals surface area (Å²) in [5.74, 6) is -1.50. The van der Waals surface area contributed by atoms with E-state index in [2.05, 4.69) is 12.7 Å². The molecule has 0 N–H and O–H groups in total. The first kappa shape index (κ1) is 24.4. The van der Waals surface area contributed by atoms with Gasteiger partial charge in [0.05, 0.1) is 13.2 Å². The first-order chi connectivity index (χ1) is 12.0. The highest BCUT2D eigenvalue weighted by Crippen LogP contribution is 2.39. The predicted molar refractivity (Wildman–Crippen MR) is 107 cm³/mol. The Balaban J connectivity index is 5.55. The second-order valence-corrected chi connectivity index (χ2v) is 8.45. The monoisotopic (exact) mass is 366 g/mol. The molecular formula is C22H38O4. The van der Waals surface area contributed by atoms with E-state index in [1.165, 1.54) is 5.57 Å². The van der Waals surface area contributed by atoms with E-state index in [9.17, 15) is 9.59 Å². The Morgan fingerprint density at radius 2 is 1.46 bits per heavy atom. The van der Waals surface area contributed by atoms with E-state index >= 15 is 0 Å². The molecule has 0 heterocycles. The molecule has 4 heteroatoms. The standard InChI is InChI=1S/C22H38O4/c1-9-12-22(8,13-10-11-16(2)3)19(20(23)25-14-17(4)5)21(24)26-15-18(6)7/h9,11,17-19H,1,10,12-15H2,2-8H3/t22-/m1/s1. The summed E-state index contributed by atoms with van der Waals surface area (Å²) in [4.78, 5) is 25.6. The Hall–Kier alpha value is -1.58. The van der Waals surface area contributed by atoms with Gasteiger partial charge in [-0.1, -0.05) is 52.3 Å². The van der Waals surface area contributed by atoms with Crippen molar-refractivity contribution in [3.8, 4) is 0 Å². The lowest BCUT2D eigenvalue weighted by molar-refractivity contribution is -0.170. The van der Waals surface area contributed by atoms with Gasteiger partial charge >= 0.3 is 11.9 Å². The number of carbonyl (C=O) groups excluding carboxylic acids is 2. The molecule has 4 nitrogen and oxygen atoms in total. The minimum atomic E-state index is -0.941. The third kappa shape index (κ3) is 9.21. The molecule has 0 saturated carbocycles. The fraction of sp³-hybridized carbons (Fsp3) is 0.727. The van der Waals surface area contributed by atoms with Gasteiger partial charge in [-0.25, -0.2) is 0 Å². The van der Waals surface area contributed by atoms with Crippen LogP contribution in [0.25, 0.3) is 0 Å². The maximum absolute atomic E-state index is 12.8. The number of carbonyl (C=O) groups is 2. The summed E-state index contributed by atoms with van der Waals surface area (Å²) in [6.07, 6.45) is 5.90. The van der Waals surface area contributed by atoms with Crippen LogP contribution >= 0.6 is 0 Å². The lowest BCUT2D eigenvalue weighted by atomic mass is 9.71. The molecule has 0 aliphatic carbocycles. The van der Waals surface area contributed by atoms with Crippen molar-refractivity contribution in [3.63, 3.8) is 0 Å². The van der Waals surface area contributed by atoms with E-state index in [1.54, 1.807) is 6.08 Å². The Kier molecular flexibility index (Phi) is 11.2. The van der Waals surface area contributed by atoms with Crippen molar-refractivity contribution in [3.05, 3.63) is 24.3 Å². The highest BCUT2D eigenvalue weighted by molar-refractivity contribution is 5.96. The molecule has 0 amide bonds. The fourth-order valence-electron chi connectivity index (χ4n) is 2.71. The number of allylic oxidation sites excluding steroid dienone is 3. The molecule has 0 saturated heterocycles. The highest BCUT2D eigenvalue weighted by atomic mass is 16.6. The molecule has 0 aliphatic rings. The second-order valence-electron chi connectivity index (χ2n) is 8.45. The van der Waals surface area contributed by atoms with Gasteiger partial charge < -0.3 is 9.47 Å². The van der Waals surface area contributed by atoms with Crippen LogP contribution in [0.2, 0.25) is 0 Å². The van der Waals surface area contributed by atoms with Gasteiger partial charge in [0.2, 0.25) is 0 Å². The molecule has 0 unspecified atom stereocenters. The van der Waals surface area contributed by atoms with Gasteiger partial charge in [-0.3, -0.25) is 9.59 Å². The number of rotatable bonds is 12. The van der Waals surface area contributed by atoms with Crippen LogP contribution in [-0.4, -0.2) is 25.2 Å². The molecular weight excluding hydrogens is 328 g/mol. The Morgan fingerprint density at radius 3 is 1.81 bits per heavy atom. The topological polar surface area (TPSA) is 52.6 Å². The third-order valence-electron chi connectivity index (χ3n) is 4.16. The van der Waals surface area contributed by atoms with Crippen molar-refractivity contribution in [2.75, 3.05) is 13.2 Å². The zero-order valence-corrected chi connectivity index (χ0v) is 17.8. The summed E-state index contributed by atoms with van der Waals surface area (Å²) in [5, 5.41) is 0. The molecule has 0 bridgehead atoms. The molecule has 0 aromatic rings. The maximum atomic E-state index is 12.8. The van der Waals surface area contributed by atoms with E-state index in [0.717, 1.165) is 6.42 Å². The average Bonchev–Trinajstić information content (AvgIpc) is 2.50. The molecule has 0 radical (unpaired) electrons. The molecule has 150 valence electrons. The lowest BCUT2D eigenvalue weighted by Crippen LogP contribution is -2.42. The van der Waals surface area contributed by atoms with Gasteiger partial charge in [-0.2, -0.15) is 0 Å². The van der Waals surface area contributed by atoms with Crippen molar-refractivity contribution in [1.29, 1.82) is 0 Å². The minimum Gasteiger partial charge on any atom is -0.465 e. The molecule has 0 aromatic carbocycles. The molecule has 0 aliphatic heterocycles. The zero-order chi connectivity index (χ0) is 20.3. The molecule has 0 fully saturated rings. The predicted octanol–water partition coefficient (Wildman–Crippen LogP) is 5.33. The van der Waals surface area contributed by atoms with Crippen LogP contribution in [0.3, 0.4) is 0 Å². The number of ether oxygens (including phenoxy) is 2. The van der Waals surface area contributed by atoms with E-state index in [4.69, 9.17) is 9.47 Å². The second kappa shape index (κ2) is 11.9. The van der Waals surface area contributed by atoms with Crippen LogP contribution in [0.4, 0.5) is 0 Å². The van der Waals surface area contributed by atoms with Crippen LogP contribution in [0, 0.1) is 23.2 Å². The summed E-state index contributed by atoms with van der Waals surface area (Å²) in [5.41, 5.74) is 0.628. The summed E-state index contributed by atoms with van der Waals surface area (Å²) in [6, 6.07) is 0. The van der Waals surface area contributed by atoms with Crippen molar-refractivity contribution in [2.45, 2.75) is 67.7 Å². The molecule has 0 aromatic heterocycles. The Bertz CT molecular complexity index is 462. The number of hydrogen-bond acceptors (Lipinski definition) is 4. The first-order valence-electron chi connectivity index (χ1n) is 9.61. The summed E-state index contributed by atoms with van der Waals surface area (Å²) >= 11 is 0. The van der Waals surface area contributed by atoms with Gasteiger partial charge in [0, 0.05) is 0 Å². The molecule has 0 spiro atoms. The Labute approximate surface area is 160 Å². The van der Waals surface area contributed by atoms with Crippen LogP contribution < -0.4 is 0 Å². The number of esters is 2. The van der Waals surface area contributed by atoms with Crippen molar-refractivity contribution >= 4 is 11.9 Å². The van der Waals surface area contributed by atoms with Crippen LogP contribution in [0.15, 0.2) is 24.3 Å².